The van der Waals surface area contributed by atoms with Crippen LogP contribution < -0.4 is 10.6 Å². The van der Waals surface area contributed by atoms with Crippen LogP contribution in [0.15, 0.2) is 24.1 Å². The summed E-state index contributed by atoms with van der Waals surface area (Å²) in [6.45, 7) is 23.2. The van der Waals surface area contributed by atoms with Crippen LogP contribution in [0, 0.1) is 28.1 Å². The molecule has 2 nitrogen and oxygen atoms in total. The zero-order valence-electron chi connectivity index (χ0n) is 26.3. The van der Waals surface area contributed by atoms with Crippen molar-refractivity contribution in [2.75, 3.05) is 12.3 Å². The second kappa shape index (κ2) is 16.3. The molecule has 0 radical (unpaired) electrons. The Hall–Kier alpha value is -0.390. The fourth-order valence-electron chi connectivity index (χ4n) is 7.40. The van der Waals surface area contributed by atoms with Crippen molar-refractivity contribution in [3.63, 3.8) is 0 Å². The highest BCUT2D eigenvalue weighted by Crippen LogP contribution is 2.46. The van der Waals surface area contributed by atoms with Crippen molar-refractivity contribution in [1.82, 2.24) is 10.6 Å². The summed E-state index contributed by atoms with van der Waals surface area (Å²) >= 11 is 13.6. The van der Waals surface area contributed by atoms with Gasteiger partial charge in [0.1, 0.15) is 0 Å². The SMILES string of the molecule is C=CC(=C)SCC(CC)(CC)CCC(=S)NC1CC(C)(C)CC(C)(CNC(=S)CCC2CCC(CC)CC2)C1. The van der Waals surface area contributed by atoms with Crippen LogP contribution in [0.25, 0.3) is 0 Å². The molecule has 0 aromatic heterocycles. The molecule has 39 heavy (non-hydrogen) atoms. The average molecular weight is 593 g/mol. The predicted molar refractivity (Wildman–Crippen MR) is 185 cm³/mol. The Morgan fingerprint density at radius 3 is 2.21 bits per heavy atom. The Morgan fingerprint density at radius 2 is 1.62 bits per heavy atom. The Bertz CT molecular complexity index is 807. The van der Waals surface area contributed by atoms with Crippen LogP contribution in [0.4, 0.5) is 0 Å². The van der Waals surface area contributed by atoms with Gasteiger partial charge in [-0.05, 0) is 90.8 Å². The van der Waals surface area contributed by atoms with E-state index >= 15 is 0 Å². The number of hydrogen-bond acceptors (Lipinski definition) is 3. The van der Waals surface area contributed by atoms with E-state index in [1.165, 1.54) is 64.2 Å². The fourth-order valence-corrected chi connectivity index (χ4v) is 9.02. The van der Waals surface area contributed by atoms with E-state index in [-0.39, 0.29) is 5.41 Å². The lowest BCUT2D eigenvalue weighted by atomic mass is 9.62. The molecule has 0 saturated heterocycles. The largest absolute Gasteiger partial charge is 0.379 e. The zero-order valence-corrected chi connectivity index (χ0v) is 28.7. The van der Waals surface area contributed by atoms with Crippen molar-refractivity contribution in [3.8, 4) is 0 Å². The van der Waals surface area contributed by atoms with Gasteiger partial charge in [0, 0.05) is 18.3 Å². The third-order valence-electron chi connectivity index (χ3n) is 10.0. The molecule has 0 amide bonds. The van der Waals surface area contributed by atoms with Crippen molar-refractivity contribution in [2.45, 2.75) is 137 Å². The molecule has 2 unspecified atom stereocenters. The van der Waals surface area contributed by atoms with Gasteiger partial charge in [-0.15, -0.1) is 11.8 Å². The van der Waals surface area contributed by atoms with Crippen LogP contribution in [0.2, 0.25) is 0 Å². The van der Waals surface area contributed by atoms with Crippen molar-refractivity contribution < 1.29 is 0 Å². The number of nitrogens with one attached hydrogen (secondary N) is 2. The number of hydrogen-bond donors (Lipinski definition) is 2. The number of rotatable bonds is 16. The van der Waals surface area contributed by atoms with E-state index < -0.39 is 0 Å². The van der Waals surface area contributed by atoms with Crippen LogP contribution >= 0.6 is 36.2 Å². The number of thiocarbonyl (C=S) groups is 2. The first-order valence-electron chi connectivity index (χ1n) is 15.9. The van der Waals surface area contributed by atoms with Crippen LogP contribution in [0.1, 0.15) is 131 Å². The summed E-state index contributed by atoms with van der Waals surface area (Å²) in [5.41, 5.74) is 0.813. The Balaban J connectivity index is 1.84. The molecule has 0 aromatic carbocycles. The molecule has 0 bridgehead atoms. The van der Waals surface area contributed by atoms with Crippen LogP contribution in [0.3, 0.4) is 0 Å². The van der Waals surface area contributed by atoms with Gasteiger partial charge in [0.25, 0.3) is 0 Å². The van der Waals surface area contributed by atoms with Gasteiger partial charge >= 0.3 is 0 Å². The van der Waals surface area contributed by atoms with E-state index in [1.54, 1.807) is 0 Å². The van der Waals surface area contributed by atoms with E-state index in [0.717, 1.165) is 64.7 Å². The zero-order chi connectivity index (χ0) is 29.1. The number of thioether (sulfide) groups is 1. The molecule has 2 saturated carbocycles. The first-order valence-corrected chi connectivity index (χ1v) is 17.7. The molecular formula is C34H60N2S3. The third kappa shape index (κ3) is 12.2. The average Bonchev–Trinajstić information content (AvgIpc) is 2.90. The minimum atomic E-state index is 0.219. The molecule has 2 atom stereocenters. The van der Waals surface area contributed by atoms with E-state index in [9.17, 15) is 0 Å². The molecule has 0 aliphatic heterocycles. The van der Waals surface area contributed by atoms with Gasteiger partial charge < -0.3 is 10.6 Å². The highest BCUT2D eigenvalue weighted by Gasteiger charge is 2.41. The quantitative estimate of drug-likeness (QED) is 0.137. The van der Waals surface area contributed by atoms with Gasteiger partial charge in [-0.2, -0.15) is 0 Å². The Labute approximate surface area is 257 Å². The lowest BCUT2D eigenvalue weighted by Gasteiger charge is -2.47. The summed E-state index contributed by atoms with van der Waals surface area (Å²) < 4.78 is 0. The van der Waals surface area contributed by atoms with Gasteiger partial charge in [-0.25, -0.2) is 0 Å². The molecule has 2 aliphatic rings. The molecule has 2 fully saturated rings. The lowest BCUT2D eigenvalue weighted by molar-refractivity contribution is 0.0803. The van der Waals surface area contributed by atoms with Crippen molar-refractivity contribution in [1.29, 1.82) is 0 Å². The maximum atomic E-state index is 5.94. The van der Waals surface area contributed by atoms with Crippen LogP contribution in [0.5, 0.6) is 0 Å². The first-order chi connectivity index (χ1) is 18.4. The minimum Gasteiger partial charge on any atom is -0.379 e. The lowest BCUT2D eigenvalue weighted by Crippen LogP contribution is -2.50. The maximum absolute atomic E-state index is 5.94. The van der Waals surface area contributed by atoms with Gasteiger partial charge in [0.05, 0.1) is 9.98 Å². The van der Waals surface area contributed by atoms with E-state index in [1.807, 2.05) is 17.8 Å². The molecule has 2 N–H and O–H groups in total. The van der Waals surface area contributed by atoms with Gasteiger partial charge in [-0.3, -0.25) is 0 Å². The molecule has 5 heteroatoms. The molecule has 0 spiro atoms. The summed E-state index contributed by atoms with van der Waals surface area (Å²) in [6, 6.07) is 0.433. The molecular weight excluding hydrogens is 533 g/mol. The summed E-state index contributed by atoms with van der Waals surface area (Å²) in [6.07, 6.45) is 19.2. The van der Waals surface area contributed by atoms with E-state index in [0.29, 0.717) is 16.9 Å². The highest BCUT2D eigenvalue weighted by atomic mass is 32.2. The molecule has 0 heterocycles. The molecule has 2 rings (SSSR count). The minimum absolute atomic E-state index is 0.219. The van der Waals surface area contributed by atoms with Crippen molar-refractivity contribution in [3.05, 3.63) is 24.1 Å². The topological polar surface area (TPSA) is 24.1 Å². The monoisotopic (exact) mass is 592 g/mol. The van der Waals surface area contributed by atoms with Crippen LogP contribution in [-0.2, 0) is 0 Å². The first kappa shape index (κ1) is 34.8. The van der Waals surface area contributed by atoms with Crippen molar-refractivity contribution >= 4 is 46.2 Å². The standard InChI is InChI=1S/C34H60N2S3/c1-9-26(5)39-25-34(11-3,12-4)20-19-31(38)36-29-21-32(6,7)23-33(8,22-29)24-35-30(37)18-17-28-15-13-27(10-2)14-16-28/h9,27-29H,1,5,10-25H2,2-4,6-8H3,(H,35,37)(H,36,38). The van der Waals surface area contributed by atoms with Gasteiger partial charge in [0.15, 0.2) is 0 Å². The molecule has 224 valence electrons. The Morgan fingerprint density at radius 1 is 0.974 bits per heavy atom. The second-order valence-electron chi connectivity index (χ2n) is 14.1. The fraction of sp³-hybridized carbons (Fsp3) is 0.824. The summed E-state index contributed by atoms with van der Waals surface area (Å²) in [4.78, 5) is 3.18. The van der Waals surface area contributed by atoms with E-state index in [2.05, 4.69) is 65.3 Å². The second-order valence-corrected chi connectivity index (χ2v) is 16.2. The summed E-state index contributed by atoms with van der Waals surface area (Å²) in [5, 5.41) is 7.53. The van der Waals surface area contributed by atoms with E-state index in [4.69, 9.17) is 24.4 Å². The number of allylic oxidation sites excluding steroid dienone is 1. The highest BCUT2D eigenvalue weighted by molar-refractivity contribution is 8.03. The Kier molecular flexibility index (Phi) is 14.5. The predicted octanol–water partition coefficient (Wildman–Crippen LogP) is 10.4. The summed E-state index contributed by atoms with van der Waals surface area (Å²) in [5.74, 6) is 2.94. The maximum Gasteiger partial charge on any atom is 0.0755 e. The normalized spacial score (nSPS) is 27.0. The molecule has 2 aliphatic carbocycles. The van der Waals surface area contributed by atoms with Gasteiger partial charge in [-0.1, -0.05) is 117 Å². The van der Waals surface area contributed by atoms with Gasteiger partial charge in [0.2, 0.25) is 0 Å². The summed E-state index contributed by atoms with van der Waals surface area (Å²) in [7, 11) is 0. The molecule has 0 aromatic rings. The van der Waals surface area contributed by atoms with Crippen molar-refractivity contribution in [2.24, 2.45) is 28.1 Å². The smallest absolute Gasteiger partial charge is 0.0755 e. The third-order valence-corrected chi connectivity index (χ3v) is 12.0. The van der Waals surface area contributed by atoms with Crippen LogP contribution in [-0.4, -0.2) is 28.3 Å².